The molecule has 0 unspecified atom stereocenters. The van der Waals surface area contributed by atoms with E-state index in [-0.39, 0.29) is 24.0 Å². The number of nitrogens with one attached hydrogen (secondary N) is 1. The van der Waals surface area contributed by atoms with Gasteiger partial charge >= 0.3 is 5.69 Å². The lowest BCUT2D eigenvalue weighted by atomic mass is 10.2. The monoisotopic (exact) mass is 373 g/mol. The first kappa shape index (κ1) is 18.7. The molecule has 0 aliphatic heterocycles. The molecule has 138 valence electrons. The molecular formula is C19H23N3O3S. The van der Waals surface area contributed by atoms with Crippen molar-refractivity contribution in [3.63, 3.8) is 0 Å². The van der Waals surface area contributed by atoms with Crippen LogP contribution in [0.3, 0.4) is 0 Å². The summed E-state index contributed by atoms with van der Waals surface area (Å²) in [5, 5.41) is 12.5. The van der Waals surface area contributed by atoms with Gasteiger partial charge in [0.05, 0.1) is 5.75 Å². The van der Waals surface area contributed by atoms with Gasteiger partial charge in [0.15, 0.2) is 0 Å². The highest BCUT2D eigenvalue weighted by Gasteiger charge is 2.22. The van der Waals surface area contributed by atoms with Gasteiger partial charge in [-0.3, -0.25) is 9.36 Å². The molecular weight excluding hydrogens is 350 g/mol. The van der Waals surface area contributed by atoms with Crippen LogP contribution in [0.1, 0.15) is 29.7 Å². The smallest absolute Gasteiger partial charge is 0.348 e. The van der Waals surface area contributed by atoms with Crippen molar-refractivity contribution in [2.24, 2.45) is 0 Å². The maximum Gasteiger partial charge on any atom is 0.348 e. The summed E-state index contributed by atoms with van der Waals surface area (Å²) in [6.07, 6.45) is 3.26. The number of fused-ring (bicyclic) bond motifs is 1. The van der Waals surface area contributed by atoms with Crippen molar-refractivity contribution in [3.8, 4) is 0 Å². The van der Waals surface area contributed by atoms with Gasteiger partial charge < -0.3 is 10.4 Å². The number of benzene rings is 1. The molecule has 0 spiro atoms. The molecule has 6 nitrogen and oxygen atoms in total. The van der Waals surface area contributed by atoms with Crippen LogP contribution in [0.5, 0.6) is 0 Å². The predicted octanol–water partition coefficient (Wildman–Crippen LogP) is 2.15. The van der Waals surface area contributed by atoms with Crippen LogP contribution in [0.25, 0.3) is 0 Å². The van der Waals surface area contributed by atoms with E-state index in [0.717, 1.165) is 41.8 Å². The van der Waals surface area contributed by atoms with Crippen molar-refractivity contribution < 1.29 is 9.90 Å². The summed E-state index contributed by atoms with van der Waals surface area (Å²) in [5.41, 5.74) is 3.70. The molecule has 2 aromatic rings. The van der Waals surface area contributed by atoms with Crippen molar-refractivity contribution in [2.75, 3.05) is 17.7 Å². The minimum atomic E-state index is -0.291. The second-order valence-electron chi connectivity index (χ2n) is 6.41. The number of rotatable bonds is 7. The first-order chi connectivity index (χ1) is 12.6. The molecule has 0 bridgehead atoms. The van der Waals surface area contributed by atoms with E-state index < -0.39 is 0 Å². The van der Waals surface area contributed by atoms with E-state index >= 15 is 0 Å². The summed E-state index contributed by atoms with van der Waals surface area (Å²) in [5.74, 6) is 0.102. The second-order valence-corrected chi connectivity index (χ2v) is 7.37. The minimum Gasteiger partial charge on any atom is -0.396 e. The van der Waals surface area contributed by atoms with Crippen LogP contribution in [0.4, 0.5) is 5.69 Å². The number of aryl methyl sites for hydroxylation is 1. The van der Waals surface area contributed by atoms with Gasteiger partial charge in [0.25, 0.3) is 0 Å². The van der Waals surface area contributed by atoms with Crippen molar-refractivity contribution in [2.45, 2.75) is 44.2 Å². The third kappa shape index (κ3) is 4.34. The molecule has 1 aromatic heterocycles. The van der Waals surface area contributed by atoms with E-state index in [2.05, 4.69) is 10.3 Å². The summed E-state index contributed by atoms with van der Waals surface area (Å²) < 4.78 is 1.68. The molecule has 26 heavy (non-hydrogen) atoms. The molecule has 0 radical (unpaired) electrons. The molecule has 1 heterocycles. The summed E-state index contributed by atoms with van der Waals surface area (Å²) in [4.78, 5) is 28.7. The van der Waals surface area contributed by atoms with Crippen LogP contribution < -0.4 is 11.0 Å². The Bertz CT molecular complexity index is 846. The van der Waals surface area contributed by atoms with E-state index in [9.17, 15) is 9.59 Å². The molecule has 7 heteroatoms. The third-order valence-corrected chi connectivity index (χ3v) is 5.43. The van der Waals surface area contributed by atoms with Crippen LogP contribution in [0.2, 0.25) is 0 Å². The molecule has 1 aliphatic rings. The largest absolute Gasteiger partial charge is 0.396 e. The zero-order valence-electron chi connectivity index (χ0n) is 14.8. The number of hydrogen-bond donors (Lipinski definition) is 2. The lowest BCUT2D eigenvalue weighted by Crippen LogP contribution is -2.28. The first-order valence-corrected chi connectivity index (χ1v) is 9.80. The highest BCUT2D eigenvalue weighted by molar-refractivity contribution is 8.00. The van der Waals surface area contributed by atoms with E-state index in [4.69, 9.17) is 5.11 Å². The summed E-state index contributed by atoms with van der Waals surface area (Å²) in [6.45, 7) is 2.54. The maximum absolute atomic E-state index is 12.3. The summed E-state index contributed by atoms with van der Waals surface area (Å²) >= 11 is 1.32. The number of anilines is 1. The molecule has 2 N–H and O–H groups in total. The second kappa shape index (κ2) is 8.51. The van der Waals surface area contributed by atoms with Crippen molar-refractivity contribution in [3.05, 3.63) is 51.6 Å². The van der Waals surface area contributed by atoms with E-state index in [1.807, 2.05) is 31.2 Å². The number of nitrogens with zero attached hydrogens (tertiary/aromatic N) is 2. The van der Waals surface area contributed by atoms with E-state index in [0.29, 0.717) is 18.0 Å². The fraction of sp³-hybridized carbons (Fsp3) is 0.421. The van der Waals surface area contributed by atoms with Crippen LogP contribution in [0, 0.1) is 6.92 Å². The Morgan fingerprint density at radius 3 is 2.81 bits per heavy atom. The first-order valence-electron chi connectivity index (χ1n) is 8.81. The number of amides is 1. The molecule has 0 atom stereocenters. The zero-order chi connectivity index (χ0) is 18.5. The fourth-order valence-electron chi connectivity index (χ4n) is 3.13. The Morgan fingerprint density at radius 1 is 1.31 bits per heavy atom. The van der Waals surface area contributed by atoms with Gasteiger partial charge in [-0.1, -0.05) is 29.5 Å². The predicted molar refractivity (Wildman–Crippen MR) is 103 cm³/mol. The highest BCUT2D eigenvalue weighted by Crippen LogP contribution is 2.29. The van der Waals surface area contributed by atoms with Gasteiger partial charge in [0, 0.05) is 30.1 Å². The number of aliphatic hydroxyl groups is 1. The topological polar surface area (TPSA) is 84.2 Å². The Hall–Kier alpha value is -2.12. The van der Waals surface area contributed by atoms with Crippen LogP contribution in [0.15, 0.2) is 34.1 Å². The average Bonchev–Trinajstić information content (AvgIpc) is 3.11. The lowest BCUT2D eigenvalue weighted by Gasteiger charge is -2.13. The molecule has 0 fully saturated rings. The number of aromatic nitrogens is 2. The highest BCUT2D eigenvalue weighted by atomic mass is 32.2. The average molecular weight is 373 g/mol. The van der Waals surface area contributed by atoms with Gasteiger partial charge in [-0.2, -0.15) is 4.98 Å². The van der Waals surface area contributed by atoms with Crippen molar-refractivity contribution in [1.29, 1.82) is 0 Å². The Kier molecular flexibility index (Phi) is 6.11. The standard InChI is InChI=1S/C19H23N3O3S/c1-13-6-8-14(9-7-13)20-17(24)12-26-18-15-4-2-5-16(15)22(10-3-11-23)19(25)21-18/h6-9,23H,2-5,10-12H2,1H3,(H,20,24). The Labute approximate surface area is 156 Å². The summed E-state index contributed by atoms with van der Waals surface area (Å²) in [7, 11) is 0. The van der Waals surface area contributed by atoms with Crippen LogP contribution >= 0.6 is 11.8 Å². The molecule has 1 amide bonds. The van der Waals surface area contributed by atoms with Gasteiger partial charge in [-0.25, -0.2) is 4.79 Å². The van der Waals surface area contributed by atoms with Crippen LogP contribution in [-0.2, 0) is 24.2 Å². The molecule has 1 aliphatic carbocycles. The van der Waals surface area contributed by atoms with Gasteiger partial charge in [-0.05, 0) is 44.7 Å². The lowest BCUT2D eigenvalue weighted by molar-refractivity contribution is -0.113. The Morgan fingerprint density at radius 2 is 2.08 bits per heavy atom. The van der Waals surface area contributed by atoms with E-state index in [1.54, 1.807) is 4.57 Å². The molecule has 1 aromatic carbocycles. The summed E-state index contributed by atoms with van der Waals surface area (Å²) in [6, 6.07) is 7.64. The zero-order valence-corrected chi connectivity index (χ0v) is 15.6. The number of carbonyl (C=O) groups is 1. The maximum atomic E-state index is 12.3. The van der Waals surface area contributed by atoms with Crippen molar-refractivity contribution in [1.82, 2.24) is 9.55 Å². The third-order valence-electron chi connectivity index (χ3n) is 4.42. The number of thioether (sulfide) groups is 1. The minimum absolute atomic E-state index is 0.0525. The number of carbonyl (C=O) groups excluding carboxylic acids is 1. The van der Waals surface area contributed by atoms with Crippen molar-refractivity contribution >= 4 is 23.4 Å². The molecule has 3 rings (SSSR count). The van der Waals surface area contributed by atoms with Crippen LogP contribution in [-0.4, -0.2) is 32.9 Å². The van der Waals surface area contributed by atoms with E-state index in [1.165, 1.54) is 11.8 Å². The quantitative estimate of drug-likeness (QED) is 0.574. The number of hydrogen-bond acceptors (Lipinski definition) is 5. The van der Waals surface area contributed by atoms with Gasteiger partial charge in [-0.15, -0.1) is 0 Å². The SMILES string of the molecule is Cc1ccc(NC(=O)CSc2nc(=O)n(CCCO)c3c2CCC3)cc1. The fourth-order valence-corrected chi connectivity index (χ4v) is 4.01. The molecule has 0 saturated heterocycles. The van der Waals surface area contributed by atoms with Gasteiger partial charge in [0.2, 0.25) is 5.91 Å². The van der Waals surface area contributed by atoms with Gasteiger partial charge in [0.1, 0.15) is 5.03 Å². The molecule has 0 saturated carbocycles. The Balaban J connectivity index is 1.69. The normalized spacial score (nSPS) is 12.8. The number of aliphatic hydroxyl groups excluding tert-OH is 1.